The summed E-state index contributed by atoms with van der Waals surface area (Å²) < 4.78 is 48.8. The van der Waals surface area contributed by atoms with Crippen LogP contribution in [0.3, 0.4) is 0 Å². The average Bonchev–Trinajstić information content (AvgIpc) is 3.56. The predicted molar refractivity (Wildman–Crippen MR) is 134 cm³/mol. The summed E-state index contributed by atoms with van der Waals surface area (Å²) in [6.07, 6.45) is 4.45. The number of aromatic nitrogens is 5. The van der Waals surface area contributed by atoms with Gasteiger partial charge in [-0.1, -0.05) is 0 Å². The fourth-order valence-electron chi connectivity index (χ4n) is 3.43. The van der Waals surface area contributed by atoms with Gasteiger partial charge >= 0.3 is 0 Å². The molecule has 0 fully saturated rings. The second kappa shape index (κ2) is 9.76. The quantitative estimate of drug-likeness (QED) is 0.300. The van der Waals surface area contributed by atoms with Crippen molar-refractivity contribution in [3.05, 3.63) is 84.0 Å². The van der Waals surface area contributed by atoms with Crippen LogP contribution in [-0.2, 0) is 17.1 Å². The molecule has 0 bridgehead atoms. The van der Waals surface area contributed by atoms with E-state index in [-0.39, 0.29) is 21.3 Å². The van der Waals surface area contributed by atoms with Gasteiger partial charge < -0.3 is 4.74 Å². The van der Waals surface area contributed by atoms with Gasteiger partial charge in [0.25, 0.3) is 10.0 Å². The van der Waals surface area contributed by atoms with Crippen molar-refractivity contribution in [1.29, 1.82) is 5.26 Å². The molecule has 0 aliphatic carbocycles. The van der Waals surface area contributed by atoms with E-state index in [1.807, 2.05) is 6.07 Å². The number of nitriles is 1. The summed E-state index contributed by atoms with van der Waals surface area (Å²) in [6, 6.07) is 13.8. The first kappa shape index (κ1) is 24.0. The predicted octanol–water partition coefficient (Wildman–Crippen LogP) is 4.60. The smallest absolute Gasteiger partial charge is 0.263 e. The van der Waals surface area contributed by atoms with Crippen LogP contribution in [0, 0.1) is 17.3 Å². The van der Waals surface area contributed by atoms with Crippen molar-refractivity contribution in [2.45, 2.75) is 4.90 Å². The van der Waals surface area contributed by atoms with E-state index in [0.717, 1.165) is 11.3 Å². The molecule has 4 aromatic heterocycles. The molecule has 1 aromatic carbocycles. The van der Waals surface area contributed by atoms with Crippen LogP contribution in [0.25, 0.3) is 22.6 Å². The Kier molecular flexibility index (Phi) is 6.34. The van der Waals surface area contributed by atoms with Gasteiger partial charge in [0.1, 0.15) is 17.5 Å². The minimum Gasteiger partial charge on any atom is -0.454 e. The second-order valence-corrected chi connectivity index (χ2v) is 10.1. The molecule has 5 rings (SSSR count). The third-order valence-electron chi connectivity index (χ3n) is 5.20. The highest BCUT2D eigenvalue weighted by atomic mass is 32.2. The SMILES string of the molecule is Cn1nccc1-c1nc(-c2ccc(F)nc2)ccc1Oc1ccc(S(=O)(=O)Nc2nccs2)cc1C#N. The molecule has 0 aliphatic rings. The summed E-state index contributed by atoms with van der Waals surface area (Å²) in [5.41, 5.74) is 2.15. The number of benzene rings is 1. The van der Waals surface area contributed by atoms with Crippen molar-refractivity contribution in [3.63, 3.8) is 0 Å². The third-order valence-corrected chi connectivity index (χ3v) is 7.35. The number of hydrogen-bond donors (Lipinski definition) is 1. The average molecular weight is 534 g/mol. The lowest BCUT2D eigenvalue weighted by atomic mass is 10.1. The zero-order valence-electron chi connectivity index (χ0n) is 19.0. The zero-order chi connectivity index (χ0) is 26.0. The standard InChI is InChI=1S/C24H16FN7O3S2/c1-32-19(8-9-29-32)23-21(6-4-18(30-23)15-2-7-22(25)28-14-15)35-20-5-3-17(12-16(20)13-26)37(33,34)31-24-27-10-11-36-24/h2-12,14H,1H3,(H,27,31). The Balaban J connectivity index is 1.52. The van der Waals surface area contributed by atoms with Gasteiger partial charge in [-0.05, 0) is 48.5 Å². The Morgan fingerprint density at radius 2 is 1.92 bits per heavy atom. The molecule has 5 aromatic rings. The molecule has 0 unspecified atom stereocenters. The lowest BCUT2D eigenvalue weighted by molar-refractivity contribution is 0.479. The number of nitrogens with zero attached hydrogens (tertiary/aromatic N) is 6. The summed E-state index contributed by atoms with van der Waals surface area (Å²) in [5.74, 6) is -0.167. The number of hydrogen-bond acceptors (Lipinski definition) is 9. The number of rotatable bonds is 7. The van der Waals surface area contributed by atoms with Crippen LogP contribution in [-0.4, -0.2) is 33.2 Å². The molecule has 10 nitrogen and oxygen atoms in total. The van der Waals surface area contributed by atoms with E-state index in [2.05, 4.69) is 24.8 Å². The van der Waals surface area contributed by atoms with Crippen LogP contribution < -0.4 is 9.46 Å². The van der Waals surface area contributed by atoms with Crippen molar-refractivity contribution in [2.75, 3.05) is 4.72 Å². The van der Waals surface area contributed by atoms with Gasteiger partial charge in [0, 0.05) is 36.6 Å². The second-order valence-electron chi connectivity index (χ2n) is 7.57. The van der Waals surface area contributed by atoms with Crippen LogP contribution >= 0.6 is 11.3 Å². The van der Waals surface area contributed by atoms with Gasteiger partial charge in [0.05, 0.1) is 21.8 Å². The van der Waals surface area contributed by atoms with E-state index in [1.165, 1.54) is 36.7 Å². The van der Waals surface area contributed by atoms with Crippen molar-refractivity contribution < 1.29 is 17.5 Å². The summed E-state index contributed by atoms with van der Waals surface area (Å²) in [7, 11) is -2.22. The molecule has 1 N–H and O–H groups in total. The van der Waals surface area contributed by atoms with E-state index in [4.69, 9.17) is 4.74 Å². The summed E-state index contributed by atoms with van der Waals surface area (Å²) in [4.78, 5) is 12.2. The van der Waals surface area contributed by atoms with Gasteiger partial charge in [-0.2, -0.15) is 14.8 Å². The fourth-order valence-corrected chi connectivity index (χ4v) is 5.24. The van der Waals surface area contributed by atoms with Crippen LogP contribution in [0.15, 0.2) is 77.4 Å². The van der Waals surface area contributed by atoms with Gasteiger partial charge in [0.15, 0.2) is 10.9 Å². The molecule has 0 saturated heterocycles. The number of nitrogens with one attached hydrogen (secondary N) is 1. The maximum Gasteiger partial charge on any atom is 0.263 e. The normalized spacial score (nSPS) is 11.2. The van der Waals surface area contributed by atoms with Crippen LogP contribution in [0.2, 0.25) is 0 Å². The molecular weight excluding hydrogens is 517 g/mol. The summed E-state index contributed by atoms with van der Waals surface area (Å²) in [5, 5.41) is 15.8. The first-order valence-corrected chi connectivity index (χ1v) is 13.0. The fraction of sp³-hybridized carbons (Fsp3) is 0.0417. The van der Waals surface area contributed by atoms with Gasteiger partial charge in [0.2, 0.25) is 5.95 Å². The number of sulfonamides is 1. The molecule has 4 heterocycles. The highest BCUT2D eigenvalue weighted by molar-refractivity contribution is 7.93. The summed E-state index contributed by atoms with van der Waals surface area (Å²) >= 11 is 1.13. The maximum atomic E-state index is 13.3. The lowest BCUT2D eigenvalue weighted by Crippen LogP contribution is -2.13. The molecule has 0 saturated carbocycles. The molecule has 0 amide bonds. The monoisotopic (exact) mass is 533 g/mol. The number of anilines is 1. The minimum atomic E-state index is -3.96. The molecule has 0 spiro atoms. The molecule has 184 valence electrons. The first-order valence-electron chi connectivity index (χ1n) is 10.6. The van der Waals surface area contributed by atoms with Gasteiger partial charge in [-0.25, -0.2) is 23.4 Å². The highest BCUT2D eigenvalue weighted by Gasteiger charge is 2.20. The minimum absolute atomic E-state index is 0.00443. The van der Waals surface area contributed by atoms with E-state index in [0.29, 0.717) is 28.4 Å². The van der Waals surface area contributed by atoms with Crippen molar-refractivity contribution in [3.8, 4) is 40.2 Å². The molecule has 0 aliphatic heterocycles. The van der Waals surface area contributed by atoms with E-state index in [1.54, 1.807) is 47.6 Å². The van der Waals surface area contributed by atoms with E-state index in [9.17, 15) is 18.1 Å². The van der Waals surface area contributed by atoms with Crippen LogP contribution in [0.1, 0.15) is 5.56 Å². The molecule has 13 heteroatoms. The number of pyridine rings is 2. The van der Waals surface area contributed by atoms with Gasteiger partial charge in [-0.15, -0.1) is 11.3 Å². The molecular formula is C24H16FN7O3S2. The number of aryl methyl sites for hydroxylation is 1. The first-order chi connectivity index (χ1) is 17.8. The maximum absolute atomic E-state index is 13.3. The Bertz CT molecular complexity index is 1730. The Hall–Kier alpha value is -4.67. The van der Waals surface area contributed by atoms with Crippen molar-refractivity contribution in [2.24, 2.45) is 7.05 Å². The van der Waals surface area contributed by atoms with Crippen molar-refractivity contribution >= 4 is 26.5 Å². The van der Waals surface area contributed by atoms with Crippen molar-refractivity contribution in [1.82, 2.24) is 24.7 Å². The van der Waals surface area contributed by atoms with Crippen LogP contribution in [0.5, 0.6) is 11.5 Å². The Morgan fingerprint density at radius 3 is 2.59 bits per heavy atom. The van der Waals surface area contributed by atoms with Crippen LogP contribution in [0.4, 0.5) is 9.52 Å². The number of ether oxygens (including phenoxy) is 1. The molecule has 0 radical (unpaired) electrons. The third kappa shape index (κ3) is 5.01. The van der Waals surface area contributed by atoms with Gasteiger partial charge in [-0.3, -0.25) is 9.40 Å². The number of thiazole rings is 1. The zero-order valence-corrected chi connectivity index (χ0v) is 20.7. The number of halogens is 1. The Morgan fingerprint density at radius 1 is 1.08 bits per heavy atom. The molecule has 37 heavy (non-hydrogen) atoms. The molecule has 0 atom stereocenters. The topological polar surface area (TPSA) is 136 Å². The largest absolute Gasteiger partial charge is 0.454 e. The Labute approximate surface area is 214 Å². The summed E-state index contributed by atoms with van der Waals surface area (Å²) in [6.45, 7) is 0. The highest BCUT2D eigenvalue weighted by Crippen LogP contribution is 2.35. The lowest BCUT2D eigenvalue weighted by Gasteiger charge is -2.14. The van der Waals surface area contributed by atoms with E-state index >= 15 is 0 Å². The van der Waals surface area contributed by atoms with E-state index < -0.39 is 16.0 Å².